The van der Waals surface area contributed by atoms with E-state index in [1.807, 2.05) is 36.4 Å². The summed E-state index contributed by atoms with van der Waals surface area (Å²) in [7, 11) is 0. The number of hydrogen-bond acceptors (Lipinski definition) is 2. The van der Waals surface area contributed by atoms with Crippen LogP contribution in [0.25, 0.3) is 24.3 Å². The summed E-state index contributed by atoms with van der Waals surface area (Å²) in [5.41, 5.74) is -2.32. The zero-order valence-electron chi connectivity index (χ0n) is 20.0. The van der Waals surface area contributed by atoms with E-state index in [9.17, 15) is 26.3 Å². The summed E-state index contributed by atoms with van der Waals surface area (Å²) in [5, 5.41) is 0. The lowest BCUT2D eigenvalue weighted by Crippen LogP contribution is -2.54. The summed E-state index contributed by atoms with van der Waals surface area (Å²) >= 11 is 0. The van der Waals surface area contributed by atoms with Crippen molar-refractivity contribution in [1.82, 2.24) is 0 Å². The van der Waals surface area contributed by atoms with Crippen LogP contribution in [0.5, 0.6) is 23.0 Å². The Kier molecular flexibility index (Phi) is 5.61. The lowest BCUT2D eigenvalue weighted by molar-refractivity contribution is -0.288. The highest BCUT2D eigenvalue weighted by Crippen LogP contribution is 2.56. The van der Waals surface area contributed by atoms with Crippen molar-refractivity contribution in [3.05, 3.63) is 118 Å². The Morgan fingerprint density at radius 3 is 1.00 bits per heavy atom. The molecule has 2 aliphatic rings. The Hall–Kier alpha value is -4.46. The average Bonchev–Trinajstić information content (AvgIpc) is 2.83. The van der Waals surface area contributed by atoms with Crippen molar-refractivity contribution in [2.24, 2.45) is 0 Å². The van der Waals surface area contributed by atoms with Crippen LogP contribution in [0.4, 0.5) is 26.3 Å². The Morgan fingerprint density at radius 2 is 0.718 bits per heavy atom. The van der Waals surface area contributed by atoms with E-state index in [1.165, 1.54) is 0 Å². The molecule has 0 fully saturated rings. The number of hydrogen-bond donors (Lipinski definition) is 0. The van der Waals surface area contributed by atoms with Crippen molar-refractivity contribution >= 4 is 24.3 Å². The Morgan fingerprint density at radius 1 is 0.385 bits per heavy atom. The second-order valence-corrected chi connectivity index (χ2v) is 9.25. The molecule has 4 aromatic rings. The van der Waals surface area contributed by atoms with Crippen molar-refractivity contribution in [3.8, 4) is 23.0 Å². The molecule has 39 heavy (non-hydrogen) atoms. The standard InChI is InChI=1S/C31H18F6O2/c32-30(33,34)29(31(35,36)37,23-7-13-25(14-8-23)38-27-11-5-19-1-3-21(19)17-27)24-9-15-26(16-10-24)39-28-12-6-20-2-4-22(20)18-28/h1-18H. The summed E-state index contributed by atoms with van der Waals surface area (Å²) < 4.78 is 98.5. The number of halogens is 6. The fourth-order valence-corrected chi connectivity index (χ4v) is 4.79. The van der Waals surface area contributed by atoms with Gasteiger partial charge in [-0.2, -0.15) is 26.3 Å². The minimum Gasteiger partial charge on any atom is -0.457 e. The third-order valence-corrected chi connectivity index (χ3v) is 6.90. The Bertz CT molecular complexity index is 1490. The minimum atomic E-state index is -5.70. The lowest BCUT2D eigenvalue weighted by Gasteiger charge is -2.38. The van der Waals surface area contributed by atoms with Crippen LogP contribution in [-0.4, -0.2) is 12.4 Å². The van der Waals surface area contributed by atoms with Gasteiger partial charge in [-0.1, -0.05) is 60.7 Å². The minimum absolute atomic E-state index is 0.109. The second-order valence-electron chi connectivity index (χ2n) is 9.25. The van der Waals surface area contributed by atoms with Crippen molar-refractivity contribution in [2.75, 3.05) is 0 Å². The molecule has 0 atom stereocenters. The van der Waals surface area contributed by atoms with E-state index in [2.05, 4.69) is 0 Å². The predicted molar refractivity (Wildman–Crippen MR) is 137 cm³/mol. The van der Waals surface area contributed by atoms with Crippen LogP contribution in [0.3, 0.4) is 0 Å². The molecule has 2 nitrogen and oxygen atoms in total. The molecule has 0 N–H and O–H groups in total. The van der Waals surface area contributed by atoms with Gasteiger partial charge in [0.05, 0.1) is 0 Å². The van der Waals surface area contributed by atoms with Gasteiger partial charge >= 0.3 is 12.4 Å². The normalized spacial score (nSPS) is 13.7. The molecule has 0 heterocycles. The van der Waals surface area contributed by atoms with Gasteiger partial charge in [-0.05, 0) is 81.9 Å². The van der Waals surface area contributed by atoms with E-state index in [4.69, 9.17) is 9.47 Å². The molecule has 0 unspecified atom stereocenters. The molecule has 0 saturated carbocycles. The number of rotatable bonds is 6. The molecule has 0 radical (unpaired) electrons. The van der Waals surface area contributed by atoms with Gasteiger partial charge < -0.3 is 9.47 Å². The Labute approximate surface area is 219 Å². The van der Waals surface area contributed by atoms with Gasteiger partial charge in [-0.25, -0.2) is 0 Å². The van der Waals surface area contributed by atoms with E-state index in [0.29, 0.717) is 11.5 Å². The quantitative estimate of drug-likeness (QED) is 0.197. The highest BCUT2D eigenvalue weighted by molar-refractivity contribution is 5.86. The third-order valence-electron chi connectivity index (χ3n) is 6.90. The van der Waals surface area contributed by atoms with Gasteiger partial charge in [0.25, 0.3) is 0 Å². The summed E-state index contributed by atoms with van der Waals surface area (Å²) in [6.45, 7) is 0. The molecule has 6 rings (SSSR count). The predicted octanol–water partition coefficient (Wildman–Crippen LogP) is 9.65. The van der Waals surface area contributed by atoms with E-state index in [1.54, 1.807) is 24.3 Å². The summed E-state index contributed by atoms with van der Waals surface area (Å²) in [4.78, 5) is 0. The lowest BCUT2D eigenvalue weighted by atomic mass is 9.73. The van der Waals surface area contributed by atoms with E-state index in [-0.39, 0.29) is 11.5 Å². The van der Waals surface area contributed by atoms with E-state index in [0.717, 1.165) is 70.8 Å². The molecule has 0 aromatic heterocycles. The molecule has 2 aliphatic carbocycles. The largest absolute Gasteiger partial charge is 0.457 e. The molecule has 0 saturated heterocycles. The fourth-order valence-electron chi connectivity index (χ4n) is 4.79. The summed E-state index contributed by atoms with van der Waals surface area (Å²) in [5.74, 6) is 1.06. The Balaban J connectivity index is 1.33. The zero-order valence-corrected chi connectivity index (χ0v) is 20.0. The van der Waals surface area contributed by atoms with Gasteiger partial charge in [0.15, 0.2) is 0 Å². The fraction of sp³-hybridized carbons (Fsp3) is 0.0968. The van der Waals surface area contributed by atoms with Crippen LogP contribution in [0.2, 0.25) is 0 Å². The molecule has 196 valence electrons. The van der Waals surface area contributed by atoms with Crippen LogP contribution < -0.4 is 9.47 Å². The van der Waals surface area contributed by atoms with Crippen LogP contribution in [0, 0.1) is 0 Å². The molecular formula is C31H18F6O2. The van der Waals surface area contributed by atoms with Gasteiger partial charge in [-0.3, -0.25) is 0 Å². The maximum Gasteiger partial charge on any atom is 0.411 e. The number of ether oxygens (including phenoxy) is 2. The van der Waals surface area contributed by atoms with Crippen LogP contribution in [0.15, 0.2) is 84.9 Å². The van der Waals surface area contributed by atoms with Crippen LogP contribution in [0.1, 0.15) is 33.4 Å². The maximum atomic E-state index is 14.5. The van der Waals surface area contributed by atoms with Crippen molar-refractivity contribution in [3.63, 3.8) is 0 Å². The first kappa shape index (κ1) is 24.9. The molecule has 4 aromatic carbocycles. The maximum absolute atomic E-state index is 14.5. The molecule has 8 heteroatoms. The van der Waals surface area contributed by atoms with Gasteiger partial charge in [0, 0.05) is 0 Å². The van der Waals surface area contributed by atoms with Crippen molar-refractivity contribution < 1.29 is 35.8 Å². The smallest absolute Gasteiger partial charge is 0.411 e. The van der Waals surface area contributed by atoms with Crippen molar-refractivity contribution in [1.29, 1.82) is 0 Å². The van der Waals surface area contributed by atoms with Crippen molar-refractivity contribution in [2.45, 2.75) is 17.8 Å². The molecular weight excluding hydrogens is 518 g/mol. The topological polar surface area (TPSA) is 18.5 Å². The van der Waals surface area contributed by atoms with Gasteiger partial charge in [-0.15, -0.1) is 0 Å². The first-order valence-electron chi connectivity index (χ1n) is 11.9. The van der Waals surface area contributed by atoms with Crippen LogP contribution in [-0.2, 0) is 5.41 Å². The highest BCUT2D eigenvalue weighted by atomic mass is 19.4. The molecule has 0 aliphatic heterocycles. The van der Waals surface area contributed by atoms with Crippen LogP contribution >= 0.6 is 0 Å². The first-order chi connectivity index (χ1) is 18.5. The van der Waals surface area contributed by atoms with Gasteiger partial charge in [0.1, 0.15) is 23.0 Å². The SMILES string of the molecule is FC(F)(F)C(c1ccc(Oc2ccc3c(c2)C=C3)cc1)(c1ccc(Oc2ccc3c(c2)C=C3)cc1)C(F)(F)F. The van der Waals surface area contributed by atoms with E-state index < -0.39 is 28.9 Å². The van der Waals surface area contributed by atoms with Gasteiger partial charge in [0.2, 0.25) is 5.41 Å². The molecule has 0 amide bonds. The highest BCUT2D eigenvalue weighted by Gasteiger charge is 2.72. The monoisotopic (exact) mass is 536 g/mol. The summed E-state index contributed by atoms with van der Waals surface area (Å²) in [6.07, 6.45) is -3.85. The summed E-state index contributed by atoms with van der Waals surface area (Å²) in [6, 6.07) is 18.1. The molecule has 0 bridgehead atoms. The number of benzene rings is 4. The molecule has 0 spiro atoms. The first-order valence-corrected chi connectivity index (χ1v) is 11.9. The zero-order chi connectivity index (χ0) is 27.4. The number of fused-ring (bicyclic) bond motifs is 2. The van der Waals surface area contributed by atoms with E-state index >= 15 is 0 Å². The second kappa shape index (κ2) is 8.80. The number of alkyl halides is 6. The third kappa shape index (κ3) is 4.16. The average molecular weight is 536 g/mol.